The van der Waals surface area contributed by atoms with Gasteiger partial charge in [-0.3, -0.25) is 4.79 Å². The fourth-order valence-corrected chi connectivity index (χ4v) is 2.62. The largest absolute Gasteiger partial charge is 0.496 e. The maximum Gasteiger partial charge on any atom is 0.282 e. The number of hydrogen-bond acceptors (Lipinski definition) is 4. The molecule has 1 heterocycles. The lowest BCUT2D eigenvalue weighted by atomic mass is 10.2. The van der Waals surface area contributed by atoms with E-state index in [1.165, 1.54) is 4.68 Å². The molecule has 1 aromatic heterocycles. The van der Waals surface area contributed by atoms with E-state index in [0.29, 0.717) is 16.7 Å². The molecule has 0 amide bonds. The van der Waals surface area contributed by atoms with Gasteiger partial charge < -0.3 is 10.1 Å². The molecule has 0 spiro atoms. The number of methoxy groups -OCH3 is 1. The molecular formula is C13H13Br2N3O2. The first-order valence-corrected chi connectivity index (χ1v) is 7.39. The van der Waals surface area contributed by atoms with Gasteiger partial charge in [0.25, 0.3) is 5.56 Å². The van der Waals surface area contributed by atoms with Crippen LogP contribution in [0.5, 0.6) is 5.75 Å². The average Bonchev–Trinajstić information content (AvgIpc) is 2.44. The van der Waals surface area contributed by atoms with Crippen LogP contribution in [0.25, 0.3) is 0 Å². The van der Waals surface area contributed by atoms with Crippen molar-refractivity contribution in [1.82, 2.24) is 9.78 Å². The van der Waals surface area contributed by atoms with E-state index in [1.54, 1.807) is 20.4 Å². The number of ether oxygens (including phenoxy) is 1. The van der Waals surface area contributed by atoms with Crippen LogP contribution in [-0.2, 0) is 13.6 Å². The van der Waals surface area contributed by atoms with Gasteiger partial charge in [0.05, 0.1) is 19.0 Å². The molecule has 0 aliphatic rings. The molecular weight excluding hydrogens is 390 g/mol. The second kappa shape index (κ2) is 6.41. The molecule has 5 nitrogen and oxygen atoms in total. The Balaban J connectivity index is 2.23. The Bertz CT molecular complexity index is 686. The van der Waals surface area contributed by atoms with Crippen LogP contribution in [0.4, 0.5) is 5.69 Å². The summed E-state index contributed by atoms with van der Waals surface area (Å²) in [4.78, 5) is 11.8. The predicted octanol–water partition coefficient (Wildman–Crippen LogP) is 2.93. The van der Waals surface area contributed by atoms with E-state index in [4.69, 9.17) is 4.74 Å². The van der Waals surface area contributed by atoms with Crippen molar-refractivity contribution >= 4 is 37.5 Å². The average molecular weight is 403 g/mol. The van der Waals surface area contributed by atoms with Crippen molar-refractivity contribution in [3.63, 3.8) is 0 Å². The summed E-state index contributed by atoms with van der Waals surface area (Å²) in [5.74, 6) is 0.786. The molecule has 1 N–H and O–H groups in total. The first-order chi connectivity index (χ1) is 9.52. The number of halogens is 2. The lowest BCUT2D eigenvalue weighted by molar-refractivity contribution is 0.410. The molecule has 2 aromatic rings. The van der Waals surface area contributed by atoms with Gasteiger partial charge in [-0.2, -0.15) is 5.10 Å². The van der Waals surface area contributed by atoms with E-state index in [0.717, 1.165) is 15.8 Å². The van der Waals surface area contributed by atoms with Crippen molar-refractivity contribution in [2.24, 2.45) is 7.05 Å². The van der Waals surface area contributed by atoms with Gasteiger partial charge in [0.1, 0.15) is 10.2 Å². The van der Waals surface area contributed by atoms with Crippen molar-refractivity contribution in [3.05, 3.63) is 49.3 Å². The maximum absolute atomic E-state index is 11.8. The van der Waals surface area contributed by atoms with Gasteiger partial charge >= 0.3 is 0 Å². The standard InChI is InChI=1S/C13H13Br2N3O2/c1-18-13(19)12(15)10(7-17-18)16-6-8-5-9(14)3-4-11(8)20-2/h3-5,7,16H,6H2,1-2H3. The maximum atomic E-state index is 11.8. The first-order valence-electron chi connectivity index (χ1n) is 5.81. The molecule has 20 heavy (non-hydrogen) atoms. The number of hydrogen-bond donors (Lipinski definition) is 1. The Hall–Kier alpha value is -1.34. The Morgan fingerprint density at radius 1 is 1.40 bits per heavy atom. The van der Waals surface area contributed by atoms with Crippen LogP contribution in [0.1, 0.15) is 5.56 Å². The van der Waals surface area contributed by atoms with Crippen molar-refractivity contribution in [2.45, 2.75) is 6.54 Å². The molecule has 0 atom stereocenters. The van der Waals surface area contributed by atoms with E-state index < -0.39 is 0 Å². The van der Waals surface area contributed by atoms with Crippen molar-refractivity contribution in [3.8, 4) is 5.75 Å². The van der Waals surface area contributed by atoms with Crippen LogP contribution in [0.15, 0.2) is 38.1 Å². The number of rotatable bonds is 4. The lowest BCUT2D eigenvalue weighted by Crippen LogP contribution is -2.21. The number of nitrogens with one attached hydrogen (secondary N) is 1. The smallest absolute Gasteiger partial charge is 0.282 e. The molecule has 1 aromatic carbocycles. The third kappa shape index (κ3) is 3.21. The molecule has 0 aliphatic carbocycles. The highest BCUT2D eigenvalue weighted by Crippen LogP contribution is 2.25. The first kappa shape index (κ1) is 15.1. The monoisotopic (exact) mass is 401 g/mol. The van der Waals surface area contributed by atoms with E-state index in [1.807, 2.05) is 18.2 Å². The molecule has 0 fully saturated rings. The van der Waals surface area contributed by atoms with E-state index in [9.17, 15) is 4.79 Å². The molecule has 0 unspecified atom stereocenters. The van der Waals surface area contributed by atoms with Crippen LogP contribution >= 0.6 is 31.9 Å². The van der Waals surface area contributed by atoms with Gasteiger partial charge in [0.2, 0.25) is 0 Å². The quantitative estimate of drug-likeness (QED) is 0.854. The molecule has 2 rings (SSSR count). The van der Waals surface area contributed by atoms with Crippen molar-refractivity contribution < 1.29 is 4.74 Å². The molecule has 0 aliphatic heterocycles. The Labute approximate surface area is 133 Å². The zero-order chi connectivity index (χ0) is 14.7. The highest BCUT2D eigenvalue weighted by molar-refractivity contribution is 9.10. The van der Waals surface area contributed by atoms with Crippen LogP contribution in [0, 0.1) is 0 Å². The third-order valence-electron chi connectivity index (χ3n) is 2.79. The summed E-state index contributed by atoms with van der Waals surface area (Å²) in [6.45, 7) is 0.524. The van der Waals surface area contributed by atoms with Gasteiger partial charge in [-0.15, -0.1) is 0 Å². The summed E-state index contributed by atoms with van der Waals surface area (Å²) >= 11 is 6.71. The van der Waals surface area contributed by atoms with Crippen LogP contribution < -0.4 is 15.6 Å². The fourth-order valence-electron chi connectivity index (χ4n) is 1.71. The van der Waals surface area contributed by atoms with Gasteiger partial charge in [-0.05, 0) is 34.1 Å². The van der Waals surface area contributed by atoms with Gasteiger partial charge in [-0.25, -0.2) is 4.68 Å². The van der Waals surface area contributed by atoms with Crippen LogP contribution in [-0.4, -0.2) is 16.9 Å². The third-order valence-corrected chi connectivity index (χ3v) is 4.05. The summed E-state index contributed by atoms with van der Waals surface area (Å²) in [7, 11) is 3.23. The van der Waals surface area contributed by atoms with Crippen molar-refractivity contribution in [1.29, 1.82) is 0 Å². The number of nitrogens with zero attached hydrogens (tertiary/aromatic N) is 2. The second-order valence-corrected chi connectivity index (χ2v) is 5.82. The Morgan fingerprint density at radius 3 is 2.85 bits per heavy atom. The number of benzene rings is 1. The SMILES string of the molecule is COc1ccc(Br)cc1CNc1cnn(C)c(=O)c1Br. The normalized spacial score (nSPS) is 10.4. The van der Waals surface area contributed by atoms with E-state index in [2.05, 4.69) is 42.3 Å². The van der Waals surface area contributed by atoms with Crippen molar-refractivity contribution in [2.75, 3.05) is 12.4 Å². The summed E-state index contributed by atoms with van der Waals surface area (Å²) < 4.78 is 8.01. The molecule has 0 bridgehead atoms. The summed E-state index contributed by atoms with van der Waals surface area (Å²) in [6, 6.07) is 5.77. The van der Waals surface area contributed by atoms with E-state index in [-0.39, 0.29) is 5.56 Å². The summed E-state index contributed by atoms with van der Waals surface area (Å²) in [5, 5.41) is 7.16. The number of aromatic nitrogens is 2. The molecule has 7 heteroatoms. The molecule has 0 saturated carbocycles. The Morgan fingerprint density at radius 2 is 2.15 bits per heavy atom. The van der Waals surface area contributed by atoms with Gasteiger partial charge in [0, 0.05) is 23.6 Å². The molecule has 106 valence electrons. The van der Waals surface area contributed by atoms with Crippen LogP contribution in [0.2, 0.25) is 0 Å². The molecule has 0 saturated heterocycles. The minimum atomic E-state index is -0.184. The summed E-state index contributed by atoms with van der Waals surface area (Å²) in [5.41, 5.74) is 1.45. The minimum absolute atomic E-state index is 0.184. The predicted molar refractivity (Wildman–Crippen MR) is 85.2 cm³/mol. The zero-order valence-corrected chi connectivity index (χ0v) is 14.2. The highest BCUT2D eigenvalue weighted by atomic mass is 79.9. The van der Waals surface area contributed by atoms with Crippen LogP contribution in [0.3, 0.4) is 0 Å². The second-order valence-electron chi connectivity index (χ2n) is 4.11. The fraction of sp³-hybridized carbons (Fsp3) is 0.231. The Kier molecular flexibility index (Phi) is 4.82. The topological polar surface area (TPSA) is 56.1 Å². The van der Waals surface area contributed by atoms with Gasteiger partial charge in [-0.1, -0.05) is 15.9 Å². The summed E-state index contributed by atoms with van der Waals surface area (Å²) in [6.07, 6.45) is 1.61. The highest BCUT2D eigenvalue weighted by Gasteiger charge is 2.08. The number of aryl methyl sites for hydroxylation is 1. The lowest BCUT2D eigenvalue weighted by Gasteiger charge is -2.12. The minimum Gasteiger partial charge on any atom is -0.496 e. The zero-order valence-electron chi connectivity index (χ0n) is 11.0. The van der Waals surface area contributed by atoms with Gasteiger partial charge in [0.15, 0.2) is 0 Å². The van der Waals surface area contributed by atoms with E-state index >= 15 is 0 Å². The molecule has 0 radical (unpaired) electrons. The number of anilines is 1.